The van der Waals surface area contributed by atoms with Gasteiger partial charge in [-0.25, -0.2) is 0 Å². The van der Waals surface area contributed by atoms with Gasteiger partial charge in [-0.2, -0.15) is 0 Å². The summed E-state index contributed by atoms with van der Waals surface area (Å²) in [5.74, 6) is -1.67. The molecule has 0 spiro atoms. The van der Waals surface area contributed by atoms with E-state index < -0.39 is 11.9 Å². The number of aliphatic carboxylic acids is 1. The highest BCUT2D eigenvalue weighted by molar-refractivity contribution is 5.91. The summed E-state index contributed by atoms with van der Waals surface area (Å²) in [5, 5.41) is 9.05. The van der Waals surface area contributed by atoms with Crippen molar-refractivity contribution in [2.75, 3.05) is 6.54 Å². The van der Waals surface area contributed by atoms with Crippen LogP contribution in [0.25, 0.3) is 0 Å². The summed E-state index contributed by atoms with van der Waals surface area (Å²) in [6, 6.07) is 12.7. The maximum Gasteiger partial charge on any atom is 0.308 e. The predicted molar refractivity (Wildman–Crippen MR) is 76.7 cm³/mol. The number of carboxylic acid groups (broad SMARTS) is 1. The summed E-state index contributed by atoms with van der Waals surface area (Å²) >= 11 is 0. The Morgan fingerprint density at radius 1 is 1.19 bits per heavy atom. The van der Waals surface area contributed by atoms with Crippen molar-refractivity contribution < 1.29 is 19.1 Å². The van der Waals surface area contributed by atoms with E-state index in [4.69, 9.17) is 9.52 Å². The van der Waals surface area contributed by atoms with Gasteiger partial charge in [0.2, 0.25) is 0 Å². The zero-order chi connectivity index (χ0) is 15.2. The first kappa shape index (κ1) is 14.8. The second kappa shape index (κ2) is 6.74. The molecule has 0 bridgehead atoms. The topological polar surface area (TPSA) is 70.8 Å². The normalized spacial score (nSPS) is 11.9. The average molecular weight is 287 g/mol. The number of carboxylic acids is 1. The molecule has 0 radical (unpaired) electrons. The SMILES string of the molecule is C[C@H](CN(Cc1ccccc1)C(=O)c1ccco1)C(=O)O. The molecule has 0 aliphatic heterocycles. The molecule has 1 aromatic heterocycles. The van der Waals surface area contributed by atoms with Crippen molar-refractivity contribution in [1.82, 2.24) is 4.90 Å². The molecule has 110 valence electrons. The minimum absolute atomic E-state index is 0.129. The molecule has 0 fully saturated rings. The first-order chi connectivity index (χ1) is 10.1. The standard InChI is InChI=1S/C16H17NO4/c1-12(16(19)20)10-17(11-13-6-3-2-4-7-13)15(18)14-8-5-9-21-14/h2-9,12H,10-11H2,1H3,(H,19,20)/t12-/m1/s1. The van der Waals surface area contributed by atoms with Crippen molar-refractivity contribution in [2.45, 2.75) is 13.5 Å². The van der Waals surface area contributed by atoms with Gasteiger partial charge in [-0.1, -0.05) is 37.3 Å². The summed E-state index contributed by atoms with van der Waals surface area (Å²) in [7, 11) is 0. The molecule has 0 unspecified atom stereocenters. The molecule has 5 nitrogen and oxygen atoms in total. The van der Waals surface area contributed by atoms with E-state index in [0.29, 0.717) is 6.54 Å². The molecule has 1 N–H and O–H groups in total. The Morgan fingerprint density at radius 3 is 2.48 bits per heavy atom. The van der Waals surface area contributed by atoms with E-state index in [-0.39, 0.29) is 18.2 Å². The molecule has 2 aromatic rings. The van der Waals surface area contributed by atoms with Gasteiger partial charge in [-0.15, -0.1) is 0 Å². The minimum Gasteiger partial charge on any atom is -0.481 e. The average Bonchev–Trinajstić information content (AvgIpc) is 3.01. The first-order valence-electron chi connectivity index (χ1n) is 6.67. The number of nitrogens with zero attached hydrogens (tertiary/aromatic N) is 1. The third kappa shape index (κ3) is 3.95. The van der Waals surface area contributed by atoms with Gasteiger partial charge in [0.25, 0.3) is 5.91 Å². The lowest BCUT2D eigenvalue weighted by Crippen LogP contribution is -2.36. The smallest absolute Gasteiger partial charge is 0.308 e. The van der Waals surface area contributed by atoms with E-state index in [2.05, 4.69) is 0 Å². The Hall–Kier alpha value is -2.56. The molecule has 1 aromatic carbocycles. The lowest BCUT2D eigenvalue weighted by Gasteiger charge is -2.23. The Kier molecular flexibility index (Phi) is 4.77. The summed E-state index contributed by atoms with van der Waals surface area (Å²) in [4.78, 5) is 24.9. The molecular formula is C16H17NO4. The van der Waals surface area contributed by atoms with E-state index in [1.165, 1.54) is 11.2 Å². The second-order valence-electron chi connectivity index (χ2n) is 4.89. The van der Waals surface area contributed by atoms with Crippen LogP contribution in [0.1, 0.15) is 23.0 Å². The summed E-state index contributed by atoms with van der Waals surface area (Å²) in [6.45, 7) is 2.05. The highest BCUT2D eigenvalue weighted by atomic mass is 16.4. The van der Waals surface area contributed by atoms with Crippen LogP contribution in [0.4, 0.5) is 0 Å². The van der Waals surface area contributed by atoms with Gasteiger partial charge in [-0.05, 0) is 17.7 Å². The molecule has 21 heavy (non-hydrogen) atoms. The highest BCUT2D eigenvalue weighted by Gasteiger charge is 2.23. The van der Waals surface area contributed by atoms with Crippen molar-refractivity contribution in [1.29, 1.82) is 0 Å². The molecule has 0 saturated carbocycles. The van der Waals surface area contributed by atoms with Gasteiger partial charge in [0.15, 0.2) is 5.76 Å². The Labute approximate surface area is 122 Å². The van der Waals surface area contributed by atoms with Crippen LogP contribution in [0.5, 0.6) is 0 Å². The lowest BCUT2D eigenvalue weighted by molar-refractivity contribution is -0.141. The van der Waals surface area contributed by atoms with Crippen LogP contribution in [0.15, 0.2) is 53.1 Å². The van der Waals surface area contributed by atoms with Crippen LogP contribution in [0, 0.1) is 5.92 Å². The number of hydrogen-bond donors (Lipinski definition) is 1. The highest BCUT2D eigenvalue weighted by Crippen LogP contribution is 2.13. The number of carbonyl (C=O) groups excluding carboxylic acids is 1. The Bertz CT molecular complexity index is 592. The van der Waals surface area contributed by atoms with E-state index in [1.807, 2.05) is 30.3 Å². The Morgan fingerprint density at radius 2 is 1.90 bits per heavy atom. The van der Waals surface area contributed by atoms with E-state index in [9.17, 15) is 9.59 Å². The van der Waals surface area contributed by atoms with Crippen LogP contribution in [-0.2, 0) is 11.3 Å². The maximum absolute atomic E-state index is 12.4. The van der Waals surface area contributed by atoms with Crippen LogP contribution in [0.3, 0.4) is 0 Å². The molecule has 0 aliphatic carbocycles. The zero-order valence-electron chi connectivity index (χ0n) is 11.7. The predicted octanol–water partition coefficient (Wildman–Crippen LogP) is 2.64. The molecule has 1 atom stereocenters. The fraction of sp³-hybridized carbons (Fsp3) is 0.250. The summed E-state index contributed by atoms with van der Waals surface area (Å²) in [5.41, 5.74) is 0.940. The van der Waals surface area contributed by atoms with Crippen LogP contribution in [-0.4, -0.2) is 28.4 Å². The molecular weight excluding hydrogens is 270 g/mol. The zero-order valence-corrected chi connectivity index (χ0v) is 11.7. The van der Waals surface area contributed by atoms with Gasteiger partial charge < -0.3 is 14.4 Å². The fourth-order valence-corrected chi connectivity index (χ4v) is 1.99. The van der Waals surface area contributed by atoms with E-state index >= 15 is 0 Å². The van der Waals surface area contributed by atoms with Crippen molar-refractivity contribution in [3.05, 3.63) is 60.1 Å². The van der Waals surface area contributed by atoms with Crippen molar-refractivity contribution >= 4 is 11.9 Å². The van der Waals surface area contributed by atoms with E-state index in [0.717, 1.165) is 5.56 Å². The largest absolute Gasteiger partial charge is 0.481 e. The van der Waals surface area contributed by atoms with Crippen molar-refractivity contribution in [3.8, 4) is 0 Å². The maximum atomic E-state index is 12.4. The third-order valence-electron chi connectivity index (χ3n) is 3.15. The number of carbonyl (C=O) groups is 2. The molecule has 0 saturated heterocycles. The lowest BCUT2D eigenvalue weighted by atomic mass is 10.1. The van der Waals surface area contributed by atoms with Crippen molar-refractivity contribution in [2.24, 2.45) is 5.92 Å². The van der Waals surface area contributed by atoms with Gasteiger partial charge in [0.1, 0.15) is 0 Å². The molecule has 1 heterocycles. The number of rotatable bonds is 6. The number of amides is 1. The quantitative estimate of drug-likeness (QED) is 0.886. The molecule has 2 rings (SSSR count). The fourth-order valence-electron chi connectivity index (χ4n) is 1.99. The molecule has 5 heteroatoms. The second-order valence-corrected chi connectivity index (χ2v) is 4.89. The van der Waals surface area contributed by atoms with Crippen LogP contribution < -0.4 is 0 Å². The summed E-state index contributed by atoms with van der Waals surface area (Å²) in [6.07, 6.45) is 1.43. The van der Waals surface area contributed by atoms with E-state index in [1.54, 1.807) is 19.1 Å². The Balaban J connectivity index is 2.17. The number of furan rings is 1. The van der Waals surface area contributed by atoms with Gasteiger partial charge in [0, 0.05) is 13.1 Å². The van der Waals surface area contributed by atoms with Crippen molar-refractivity contribution in [3.63, 3.8) is 0 Å². The van der Waals surface area contributed by atoms with Crippen LogP contribution in [0.2, 0.25) is 0 Å². The minimum atomic E-state index is -0.930. The number of benzene rings is 1. The third-order valence-corrected chi connectivity index (χ3v) is 3.15. The van der Waals surface area contributed by atoms with Gasteiger partial charge >= 0.3 is 5.97 Å². The monoisotopic (exact) mass is 287 g/mol. The van der Waals surface area contributed by atoms with Gasteiger partial charge in [-0.3, -0.25) is 9.59 Å². The molecule has 1 amide bonds. The van der Waals surface area contributed by atoms with Gasteiger partial charge in [0.05, 0.1) is 12.2 Å². The van der Waals surface area contributed by atoms with Crippen LogP contribution >= 0.6 is 0 Å². The first-order valence-corrected chi connectivity index (χ1v) is 6.67. The summed E-state index contributed by atoms with van der Waals surface area (Å²) < 4.78 is 5.12. The number of hydrogen-bond acceptors (Lipinski definition) is 3. The molecule has 0 aliphatic rings.